The summed E-state index contributed by atoms with van der Waals surface area (Å²) in [6.45, 7) is 10.1. The van der Waals surface area contributed by atoms with Crippen LogP contribution in [0.25, 0.3) is 28.3 Å². The Bertz CT molecular complexity index is 1010. The molecule has 0 saturated carbocycles. The maximum atomic E-state index is 4.79. The topological polar surface area (TPSA) is 38.7 Å². The SMILES string of the molecule is C=C=C/C=C(\C=C(/C)C(C)C)c1nc(-c2ccccc2)nc(-c2ccccc2)n1. The lowest BCUT2D eigenvalue weighted by Crippen LogP contribution is -2.03. The van der Waals surface area contributed by atoms with Crippen molar-refractivity contribution in [3.63, 3.8) is 0 Å². The Morgan fingerprint density at radius 2 is 1.38 bits per heavy atom. The quantitative estimate of drug-likeness (QED) is 0.361. The number of benzene rings is 2. The maximum Gasteiger partial charge on any atom is 0.164 e. The Balaban J connectivity index is 2.23. The predicted molar refractivity (Wildman–Crippen MR) is 121 cm³/mol. The fourth-order valence-corrected chi connectivity index (χ4v) is 2.69. The highest BCUT2D eigenvalue weighted by atomic mass is 15.0. The zero-order valence-corrected chi connectivity index (χ0v) is 17.1. The molecule has 2 aromatic carbocycles. The van der Waals surface area contributed by atoms with Crippen molar-refractivity contribution in [2.45, 2.75) is 20.8 Å². The zero-order valence-electron chi connectivity index (χ0n) is 17.1. The molecule has 0 aliphatic carbocycles. The van der Waals surface area contributed by atoms with Gasteiger partial charge in [-0.15, -0.1) is 5.73 Å². The number of rotatable bonds is 6. The smallest absolute Gasteiger partial charge is 0.164 e. The van der Waals surface area contributed by atoms with Crippen LogP contribution in [0.4, 0.5) is 0 Å². The highest BCUT2D eigenvalue weighted by molar-refractivity contribution is 5.74. The van der Waals surface area contributed by atoms with E-state index in [0.717, 1.165) is 16.7 Å². The predicted octanol–water partition coefficient (Wildman–Crippen LogP) is 6.53. The molecule has 0 atom stereocenters. The number of hydrogen-bond acceptors (Lipinski definition) is 3. The first-order valence-electron chi connectivity index (χ1n) is 9.70. The molecule has 1 heterocycles. The molecule has 0 saturated heterocycles. The molecule has 3 aromatic rings. The first-order valence-corrected chi connectivity index (χ1v) is 9.70. The van der Waals surface area contributed by atoms with E-state index in [1.54, 1.807) is 6.08 Å². The molecule has 1 aromatic heterocycles. The Kier molecular flexibility index (Phi) is 6.67. The van der Waals surface area contributed by atoms with Crippen LogP contribution in [0, 0.1) is 5.92 Å². The molecule has 0 aliphatic rings. The second-order valence-corrected chi connectivity index (χ2v) is 7.07. The van der Waals surface area contributed by atoms with Gasteiger partial charge in [-0.05, 0) is 25.0 Å². The normalized spacial score (nSPS) is 12.0. The van der Waals surface area contributed by atoms with Gasteiger partial charge in [-0.25, -0.2) is 15.0 Å². The van der Waals surface area contributed by atoms with Gasteiger partial charge in [0.05, 0.1) is 0 Å². The van der Waals surface area contributed by atoms with Gasteiger partial charge in [0.1, 0.15) is 0 Å². The number of aromatic nitrogens is 3. The first-order chi connectivity index (χ1) is 14.1. The van der Waals surface area contributed by atoms with Crippen LogP contribution in [0.15, 0.2) is 96.8 Å². The lowest BCUT2D eigenvalue weighted by atomic mass is 10.0. The largest absolute Gasteiger partial charge is 0.208 e. The summed E-state index contributed by atoms with van der Waals surface area (Å²) >= 11 is 0. The number of allylic oxidation sites excluding steroid dienone is 5. The fraction of sp³-hybridized carbons (Fsp3) is 0.154. The average Bonchev–Trinajstić information content (AvgIpc) is 2.77. The summed E-state index contributed by atoms with van der Waals surface area (Å²) in [6.07, 6.45) is 5.85. The minimum absolute atomic E-state index is 0.426. The van der Waals surface area contributed by atoms with Crippen LogP contribution >= 0.6 is 0 Å². The second kappa shape index (κ2) is 9.59. The molecule has 0 unspecified atom stereocenters. The molecule has 0 spiro atoms. The van der Waals surface area contributed by atoms with Crippen LogP contribution < -0.4 is 0 Å². The summed E-state index contributed by atoms with van der Waals surface area (Å²) in [6, 6.07) is 20.0. The summed E-state index contributed by atoms with van der Waals surface area (Å²) in [4.78, 5) is 14.3. The van der Waals surface area contributed by atoms with E-state index in [0.29, 0.717) is 23.4 Å². The van der Waals surface area contributed by atoms with E-state index in [2.05, 4.69) is 39.2 Å². The molecule has 0 amide bonds. The monoisotopic (exact) mass is 379 g/mol. The van der Waals surface area contributed by atoms with Gasteiger partial charge in [0.25, 0.3) is 0 Å². The van der Waals surface area contributed by atoms with E-state index in [1.807, 2.05) is 66.7 Å². The molecule has 3 rings (SSSR count). The van der Waals surface area contributed by atoms with E-state index < -0.39 is 0 Å². The minimum Gasteiger partial charge on any atom is -0.208 e. The molecule has 0 N–H and O–H groups in total. The minimum atomic E-state index is 0.426. The van der Waals surface area contributed by atoms with Crippen molar-refractivity contribution in [3.05, 3.63) is 103 Å². The maximum absolute atomic E-state index is 4.79. The van der Waals surface area contributed by atoms with Crippen LogP contribution in [0.1, 0.15) is 26.6 Å². The summed E-state index contributed by atoms with van der Waals surface area (Å²) in [5.74, 6) is 2.36. The third kappa shape index (κ3) is 5.25. The van der Waals surface area contributed by atoms with E-state index >= 15 is 0 Å². The Morgan fingerprint density at radius 3 is 1.83 bits per heavy atom. The van der Waals surface area contributed by atoms with Crippen LogP contribution in [-0.2, 0) is 0 Å². The van der Waals surface area contributed by atoms with Crippen LogP contribution in [0.5, 0.6) is 0 Å². The van der Waals surface area contributed by atoms with Crippen molar-refractivity contribution in [3.8, 4) is 22.8 Å². The van der Waals surface area contributed by atoms with Crippen molar-refractivity contribution in [2.75, 3.05) is 0 Å². The molecule has 0 fully saturated rings. The van der Waals surface area contributed by atoms with Crippen LogP contribution in [0.2, 0.25) is 0 Å². The van der Waals surface area contributed by atoms with Gasteiger partial charge in [0, 0.05) is 16.7 Å². The summed E-state index contributed by atoms with van der Waals surface area (Å²) in [7, 11) is 0. The summed E-state index contributed by atoms with van der Waals surface area (Å²) in [5, 5.41) is 0. The van der Waals surface area contributed by atoms with Gasteiger partial charge in [-0.2, -0.15) is 0 Å². The lowest BCUT2D eigenvalue weighted by Gasteiger charge is -2.10. The van der Waals surface area contributed by atoms with Gasteiger partial charge in [-0.3, -0.25) is 0 Å². The van der Waals surface area contributed by atoms with Crippen molar-refractivity contribution in [1.82, 2.24) is 15.0 Å². The molecule has 3 nitrogen and oxygen atoms in total. The van der Waals surface area contributed by atoms with E-state index in [9.17, 15) is 0 Å². The summed E-state index contributed by atoms with van der Waals surface area (Å²) in [5.41, 5.74) is 6.87. The van der Waals surface area contributed by atoms with Crippen molar-refractivity contribution < 1.29 is 0 Å². The van der Waals surface area contributed by atoms with Gasteiger partial charge >= 0.3 is 0 Å². The first kappa shape index (κ1) is 20.2. The molecule has 0 bridgehead atoms. The molecule has 0 aliphatic heterocycles. The number of nitrogens with zero attached hydrogens (tertiary/aromatic N) is 3. The molecule has 29 heavy (non-hydrogen) atoms. The molecule has 144 valence electrons. The third-order valence-corrected chi connectivity index (χ3v) is 4.63. The van der Waals surface area contributed by atoms with E-state index in [4.69, 9.17) is 15.0 Å². The average molecular weight is 380 g/mol. The Labute approximate surface area is 172 Å². The number of hydrogen-bond donors (Lipinski definition) is 0. The van der Waals surface area contributed by atoms with Gasteiger partial charge in [0.15, 0.2) is 17.5 Å². The standard InChI is InChI=1S/C26H25N3/c1-5-6-13-23(18-20(4)19(2)3)26-28-24(21-14-9-7-10-15-21)27-25(29-26)22-16-11-8-12-17-22/h6-19H,1H2,2-4H3/b20-18+,23-13+. The molecular weight excluding hydrogens is 354 g/mol. The van der Waals surface area contributed by atoms with Gasteiger partial charge in [-0.1, -0.05) is 92.7 Å². The second-order valence-electron chi connectivity index (χ2n) is 7.07. The molecule has 0 radical (unpaired) electrons. The zero-order chi connectivity index (χ0) is 20.6. The lowest BCUT2D eigenvalue weighted by molar-refractivity contribution is 0.770. The highest BCUT2D eigenvalue weighted by Crippen LogP contribution is 2.24. The fourth-order valence-electron chi connectivity index (χ4n) is 2.69. The van der Waals surface area contributed by atoms with Crippen molar-refractivity contribution in [2.24, 2.45) is 5.92 Å². The van der Waals surface area contributed by atoms with E-state index in [-0.39, 0.29) is 0 Å². The third-order valence-electron chi connectivity index (χ3n) is 4.63. The molecular formula is C26H25N3. The Morgan fingerprint density at radius 1 is 0.862 bits per heavy atom. The van der Waals surface area contributed by atoms with Crippen molar-refractivity contribution >= 4 is 5.57 Å². The van der Waals surface area contributed by atoms with Crippen LogP contribution in [-0.4, -0.2) is 15.0 Å². The van der Waals surface area contributed by atoms with Crippen LogP contribution in [0.3, 0.4) is 0 Å². The van der Waals surface area contributed by atoms with Crippen molar-refractivity contribution in [1.29, 1.82) is 0 Å². The Hall–Kier alpha value is -3.55. The molecule has 3 heteroatoms. The van der Waals surface area contributed by atoms with Gasteiger partial charge < -0.3 is 0 Å². The highest BCUT2D eigenvalue weighted by Gasteiger charge is 2.13. The van der Waals surface area contributed by atoms with E-state index in [1.165, 1.54) is 5.57 Å². The van der Waals surface area contributed by atoms with Gasteiger partial charge in [0.2, 0.25) is 0 Å². The summed E-state index contributed by atoms with van der Waals surface area (Å²) < 4.78 is 0.